The standard InChI is InChI=1S/C17H18N2O/c1-12(2)20-17-10-7-15(11-19-17)13(3)14-5-8-16(18-4)9-6-14/h5-13H,1-3H3. The molecule has 0 aliphatic carbocycles. The number of hydrogen-bond donors (Lipinski definition) is 0. The molecule has 0 saturated heterocycles. The average molecular weight is 266 g/mol. The van der Waals surface area contributed by atoms with Crippen LogP contribution in [0.15, 0.2) is 42.6 Å². The third-order valence-corrected chi connectivity index (χ3v) is 3.14. The average Bonchev–Trinajstić information content (AvgIpc) is 2.47. The van der Waals surface area contributed by atoms with Gasteiger partial charge in [0, 0.05) is 18.2 Å². The van der Waals surface area contributed by atoms with Crippen LogP contribution in [-0.4, -0.2) is 11.1 Å². The molecule has 1 heterocycles. The van der Waals surface area contributed by atoms with Gasteiger partial charge < -0.3 is 4.74 Å². The van der Waals surface area contributed by atoms with Crippen molar-refractivity contribution < 1.29 is 4.74 Å². The van der Waals surface area contributed by atoms with Crippen LogP contribution in [-0.2, 0) is 0 Å². The first-order valence-electron chi connectivity index (χ1n) is 6.70. The fraction of sp³-hybridized carbons (Fsp3) is 0.294. The van der Waals surface area contributed by atoms with E-state index in [2.05, 4.69) is 16.8 Å². The molecular formula is C17H18N2O. The number of pyridine rings is 1. The molecule has 0 spiro atoms. The van der Waals surface area contributed by atoms with Crippen LogP contribution in [0, 0.1) is 6.57 Å². The summed E-state index contributed by atoms with van der Waals surface area (Å²) in [6, 6.07) is 11.6. The maximum Gasteiger partial charge on any atom is 0.213 e. The molecule has 0 aliphatic rings. The molecular weight excluding hydrogens is 248 g/mol. The van der Waals surface area contributed by atoms with Gasteiger partial charge in [-0.25, -0.2) is 9.83 Å². The summed E-state index contributed by atoms with van der Waals surface area (Å²) < 4.78 is 5.54. The topological polar surface area (TPSA) is 26.5 Å². The minimum absolute atomic E-state index is 0.131. The van der Waals surface area contributed by atoms with Gasteiger partial charge in [-0.05, 0) is 25.0 Å². The Morgan fingerprint density at radius 2 is 1.65 bits per heavy atom. The molecule has 1 atom stereocenters. The molecule has 1 aromatic heterocycles. The van der Waals surface area contributed by atoms with Crippen molar-refractivity contribution in [3.05, 3.63) is 65.1 Å². The van der Waals surface area contributed by atoms with E-state index in [0.29, 0.717) is 11.6 Å². The molecule has 0 fully saturated rings. The molecule has 102 valence electrons. The van der Waals surface area contributed by atoms with Crippen LogP contribution >= 0.6 is 0 Å². The third-order valence-electron chi connectivity index (χ3n) is 3.14. The van der Waals surface area contributed by atoms with E-state index in [1.165, 1.54) is 5.56 Å². The predicted octanol–water partition coefficient (Wildman–Crippen LogP) is 4.57. The van der Waals surface area contributed by atoms with Gasteiger partial charge in [0.1, 0.15) is 0 Å². The van der Waals surface area contributed by atoms with Crippen molar-refractivity contribution in [1.82, 2.24) is 4.98 Å². The Hall–Kier alpha value is -2.34. The van der Waals surface area contributed by atoms with Gasteiger partial charge in [0.15, 0.2) is 5.69 Å². The van der Waals surface area contributed by atoms with E-state index in [1.54, 1.807) is 0 Å². The van der Waals surface area contributed by atoms with Gasteiger partial charge in [0.2, 0.25) is 5.88 Å². The normalized spacial score (nSPS) is 11.9. The Balaban J connectivity index is 2.15. The Kier molecular flexibility index (Phi) is 4.37. The van der Waals surface area contributed by atoms with Gasteiger partial charge >= 0.3 is 0 Å². The highest BCUT2D eigenvalue weighted by Crippen LogP contribution is 2.26. The minimum Gasteiger partial charge on any atom is -0.475 e. The highest BCUT2D eigenvalue weighted by atomic mass is 16.5. The molecule has 0 aliphatic heterocycles. The highest BCUT2D eigenvalue weighted by Gasteiger charge is 2.09. The zero-order valence-electron chi connectivity index (χ0n) is 12.0. The molecule has 20 heavy (non-hydrogen) atoms. The van der Waals surface area contributed by atoms with Crippen molar-refractivity contribution in [2.24, 2.45) is 0 Å². The van der Waals surface area contributed by atoms with E-state index in [9.17, 15) is 0 Å². The summed E-state index contributed by atoms with van der Waals surface area (Å²) in [6.07, 6.45) is 1.98. The zero-order chi connectivity index (χ0) is 14.5. The monoisotopic (exact) mass is 266 g/mol. The molecule has 3 heteroatoms. The van der Waals surface area contributed by atoms with E-state index >= 15 is 0 Å². The lowest BCUT2D eigenvalue weighted by Gasteiger charge is -2.14. The molecule has 1 aromatic carbocycles. The van der Waals surface area contributed by atoms with E-state index in [-0.39, 0.29) is 12.0 Å². The van der Waals surface area contributed by atoms with Gasteiger partial charge in [0.25, 0.3) is 0 Å². The number of hydrogen-bond acceptors (Lipinski definition) is 2. The van der Waals surface area contributed by atoms with Gasteiger partial charge in [-0.3, -0.25) is 0 Å². The van der Waals surface area contributed by atoms with Gasteiger partial charge in [-0.1, -0.05) is 37.3 Å². The predicted molar refractivity (Wildman–Crippen MR) is 80.2 cm³/mol. The SMILES string of the molecule is [C-]#[N+]c1ccc(C(C)c2ccc(OC(C)C)nc2)cc1. The number of benzene rings is 1. The second-order valence-electron chi connectivity index (χ2n) is 5.02. The van der Waals surface area contributed by atoms with Crippen molar-refractivity contribution >= 4 is 5.69 Å². The van der Waals surface area contributed by atoms with Crippen molar-refractivity contribution in [3.63, 3.8) is 0 Å². The molecule has 0 saturated carbocycles. The van der Waals surface area contributed by atoms with E-state index in [4.69, 9.17) is 11.3 Å². The van der Waals surface area contributed by atoms with Crippen LogP contribution < -0.4 is 4.74 Å². The largest absolute Gasteiger partial charge is 0.475 e. The van der Waals surface area contributed by atoms with Crippen LogP contribution in [0.3, 0.4) is 0 Å². The fourth-order valence-electron chi connectivity index (χ4n) is 1.99. The van der Waals surface area contributed by atoms with Gasteiger partial charge in [-0.15, -0.1) is 0 Å². The zero-order valence-corrected chi connectivity index (χ0v) is 12.0. The Labute approximate surface area is 120 Å². The molecule has 0 radical (unpaired) electrons. The molecule has 0 amide bonds. The fourth-order valence-corrected chi connectivity index (χ4v) is 1.99. The van der Waals surface area contributed by atoms with Crippen LogP contribution in [0.25, 0.3) is 4.85 Å². The molecule has 0 N–H and O–H groups in total. The maximum atomic E-state index is 6.97. The Morgan fingerprint density at radius 1 is 1.00 bits per heavy atom. The van der Waals surface area contributed by atoms with Crippen LogP contribution in [0.4, 0.5) is 5.69 Å². The lowest BCUT2D eigenvalue weighted by Crippen LogP contribution is -2.07. The van der Waals surface area contributed by atoms with Crippen molar-refractivity contribution in [2.75, 3.05) is 0 Å². The summed E-state index contributed by atoms with van der Waals surface area (Å²) >= 11 is 0. The molecule has 0 bridgehead atoms. The first-order valence-corrected chi connectivity index (χ1v) is 6.70. The van der Waals surface area contributed by atoms with Crippen molar-refractivity contribution in [3.8, 4) is 5.88 Å². The van der Waals surface area contributed by atoms with E-state index in [0.717, 1.165) is 5.56 Å². The Morgan fingerprint density at radius 3 is 2.15 bits per heavy atom. The Bertz CT molecular complexity index is 594. The van der Waals surface area contributed by atoms with E-state index in [1.807, 2.05) is 56.4 Å². The minimum atomic E-state index is 0.131. The summed E-state index contributed by atoms with van der Waals surface area (Å²) in [6.45, 7) is 13.1. The molecule has 2 aromatic rings. The van der Waals surface area contributed by atoms with Crippen LogP contribution in [0.2, 0.25) is 0 Å². The van der Waals surface area contributed by atoms with Crippen LogP contribution in [0.1, 0.15) is 37.8 Å². The number of rotatable bonds is 4. The summed E-state index contributed by atoms with van der Waals surface area (Å²) in [4.78, 5) is 7.73. The lowest BCUT2D eigenvalue weighted by atomic mass is 9.94. The summed E-state index contributed by atoms with van der Waals surface area (Å²) in [5.41, 5.74) is 2.98. The van der Waals surface area contributed by atoms with Crippen molar-refractivity contribution in [1.29, 1.82) is 0 Å². The van der Waals surface area contributed by atoms with Gasteiger partial charge in [0.05, 0.1) is 12.7 Å². The molecule has 1 unspecified atom stereocenters. The third kappa shape index (κ3) is 3.36. The first kappa shape index (κ1) is 14.1. The second-order valence-corrected chi connectivity index (χ2v) is 5.02. The highest BCUT2D eigenvalue weighted by molar-refractivity contribution is 5.47. The smallest absolute Gasteiger partial charge is 0.213 e. The van der Waals surface area contributed by atoms with Gasteiger partial charge in [-0.2, -0.15) is 0 Å². The second kappa shape index (κ2) is 6.21. The number of aromatic nitrogens is 1. The summed E-state index contributed by atoms with van der Waals surface area (Å²) in [5.74, 6) is 0.898. The summed E-state index contributed by atoms with van der Waals surface area (Å²) in [5, 5.41) is 0. The quantitative estimate of drug-likeness (QED) is 0.758. The maximum absolute atomic E-state index is 6.97. The number of ether oxygens (including phenoxy) is 1. The summed E-state index contributed by atoms with van der Waals surface area (Å²) in [7, 11) is 0. The lowest BCUT2D eigenvalue weighted by molar-refractivity contribution is 0.232. The van der Waals surface area contributed by atoms with Crippen LogP contribution in [0.5, 0.6) is 5.88 Å². The van der Waals surface area contributed by atoms with Crippen molar-refractivity contribution in [2.45, 2.75) is 32.8 Å². The number of nitrogens with zero attached hydrogens (tertiary/aromatic N) is 2. The van der Waals surface area contributed by atoms with E-state index < -0.39 is 0 Å². The molecule has 2 rings (SSSR count). The first-order chi connectivity index (χ1) is 9.60. The molecule has 3 nitrogen and oxygen atoms in total.